The second kappa shape index (κ2) is 7.53. The number of aliphatic hydroxyl groups excluding tert-OH is 1. The summed E-state index contributed by atoms with van der Waals surface area (Å²) >= 11 is 0. The van der Waals surface area contributed by atoms with E-state index in [1.54, 1.807) is 0 Å². The molecule has 1 amide bonds. The molecule has 5 heteroatoms. The minimum Gasteiger partial charge on any atom is -0.393 e. The predicted octanol–water partition coefficient (Wildman–Crippen LogP) is 1.43. The summed E-state index contributed by atoms with van der Waals surface area (Å²) in [5.74, 6) is 0.532. The summed E-state index contributed by atoms with van der Waals surface area (Å²) < 4.78 is 0. The number of carbonyl (C=O) groups excluding carboxylic acids is 1. The lowest BCUT2D eigenvalue weighted by molar-refractivity contribution is -0.136. The molecule has 0 radical (unpaired) electrons. The van der Waals surface area contributed by atoms with Crippen molar-refractivity contribution in [3.05, 3.63) is 30.3 Å². The van der Waals surface area contributed by atoms with Gasteiger partial charge in [0.2, 0.25) is 5.91 Å². The van der Waals surface area contributed by atoms with Gasteiger partial charge in [-0.15, -0.1) is 0 Å². The van der Waals surface area contributed by atoms with E-state index in [0.717, 1.165) is 45.7 Å². The molecule has 0 aliphatic carbocycles. The third-order valence-electron chi connectivity index (χ3n) is 5.56. The van der Waals surface area contributed by atoms with Gasteiger partial charge in [0.25, 0.3) is 0 Å². The highest BCUT2D eigenvalue weighted by Gasteiger charge is 2.34. The molecule has 3 unspecified atom stereocenters. The number of nitrogens with zero attached hydrogens (tertiary/aromatic N) is 3. The van der Waals surface area contributed by atoms with Crippen molar-refractivity contribution in [3.63, 3.8) is 0 Å². The number of amides is 1. The lowest BCUT2D eigenvalue weighted by Gasteiger charge is -2.38. The number of hydrogen-bond donors (Lipinski definition) is 1. The van der Waals surface area contributed by atoms with Gasteiger partial charge in [-0.3, -0.25) is 9.69 Å². The van der Waals surface area contributed by atoms with E-state index in [0.29, 0.717) is 5.92 Å². The molecule has 2 aliphatic rings. The smallest absolute Gasteiger partial charge is 0.239 e. The number of anilines is 1. The number of benzene rings is 1. The number of para-hydroxylation sites is 1. The third-order valence-corrected chi connectivity index (χ3v) is 5.56. The van der Waals surface area contributed by atoms with Crippen molar-refractivity contribution in [1.82, 2.24) is 9.80 Å². The summed E-state index contributed by atoms with van der Waals surface area (Å²) in [7, 11) is 0. The first-order chi connectivity index (χ1) is 11.6. The van der Waals surface area contributed by atoms with Gasteiger partial charge in [0, 0.05) is 38.4 Å². The van der Waals surface area contributed by atoms with Gasteiger partial charge in [-0.25, -0.2) is 0 Å². The summed E-state index contributed by atoms with van der Waals surface area (Å²) in [5, 5.41) is 9.75. The van der Waals surface area contributed by atoms with Crippen LogP contribution >= 0.6 is 0 Å². The van der Waals surface area contributed by atoms with Crippen molar-refractivity contribution in [2.75, 3.05) is 44.2 Å². The highest BCUT2D eigenvalue weighted by atomic mass is 16.3. The molecule has 0 saturated carbocycles. The quantitative estimate of drug-likeness (QED) is 0.907. The Morgan fingerprint density at radius 3 is 2.33 bits per heavy atom. The normalized spacial score (nSPS) is 24.9. The van der Waals surface area contributed by atoms with Gasteiger partial charge in [0.1, 0.15) is 0 Å². The zero-order valence-corrected chi connectivity index (χ0v) is 14.8. The Morgan fingerprint density at radius 1 is 1.08 bits per heavy atom. The van der Waals surface area contributed by atoms with Gasteiger partial charge in [-0.05, 0) is 44.9 Å². The highest BCUT2D eigenvalue weighted by molar-refractivity contribution is 5.81. The number of likely N-dealkylation sites (tertiary alicyclic amines) is 1. The van der Waals surface area contributed by atoms with E-state index in [9.17, 15) is 9.90 Å². The molecule has 24 heavy (non-hydrogen) atoms. The van der Waals surface area contributed by atoms with E-state index in [1.807, 2.05) is 24.8 Å². The van der Waals surface area contributed by atoms with Gasteiger partial charge in [0.05, 0.1) is 12.1 Å². The molecular formula is C19H29N3O2. The number of aliphatic hydroxyl groups is 1. The summed E-state index contributed by atoms with van der Waals surface area (Å²) in [6.07, 6.45) is 0.698. The summed E-state index contributed by atoms with van der Waals surface area (Å²) in [5.41, 5.74) is 1.23. The molecular weight excluding hydrogens is 302 g/mol. The first-order valence-electron chi connectivity index (χ1n) is 9.07. The van der Waals surface area contributed by atoms with Crippen LogP contribution in [0.2, 0.25) is 0 Å². The van der Waals surface area contributed by atoms with Crippen LogP contribution in [0.3, 0.4) is 0 Å². The monoisotopic (exact) mass is 331 g/mol. The van der Waals surface area contributed by atoms with Crippen LogP contribution in [0.25, 0.3) is 0 Å². The minimum absolute atomic E-state index is 0.0861. The van der Waals surface area contributed by atoms with E-state index in [1.165, 1.54) is 5.69 Å². The molecule has 0 aromatic heterocycles. The zero-order valence-electron chi connectivity index (χ0n) is 14.8. The maximum absolute atomic E-state index is 12.8. The van der Waals surface area contributed by atoms with Crippen LogP contribution in [0.15, 0.2) is 30.3 Å². The molecule has 1 N–H and O–H groups in total. The molecule has 1 aromatic carbocycles. The standard InChI is InChI=1S/C19H29N3O2/c1-15(22-9-8-17(14-22)16(2)23)19(24)21-12-10-20(11-13-21)18-6-4-3-5-7-18/h3-7,15-17,23H,8-14H2,1-2H3. The van der Waals surface area contributed by atoms with Crippen LogP contribution in [0.1, 0.15) is 20.3 Å². The van der Waals surface area contributed by atoms with Crippen LogP contribution < -0.4 is 4.90 Å². The average molecular weight is 331 g/mol. The Morgan fingerprint density at radius 2 is 1.75 bits per heavy atom. The largest absolute Gasteiger partial charge is 0.393 e. The Bertz CT molecular complexity index is 541. The zero-order chi connectivity index (χ0) is 17.1. The van der Waals surface area contributed by atoms with Gasteiger partial charge in [0.15, 0.2) is 0 Å². The molecule has 0 bridgehead atoms. The van der Waals surface area contributed by atoms with Crippen molar-refractivity contribution >= 4 is 11.6 Å². The maximum Gasteiger partial charge on any atom is 0.239 e. The topological polar surface area (TPSA) is 47.0 Å². The van der Waals surface area contributed by atoms with Crippen LogP contribution in [0.4, 0.5) is 5.69 Å². The molecule has 1 aromatic rings. The second-order valence-electron chi connectivity index (χ2n) is 7.11. The van der Waals surface area contributed by atoms with Crippen molar-refractivity contribution in [2.45, 2.75) is 32.4 Å². The Labute approximate surface area is 144 Å². The first kappa shape index (κ1) is 17.2. The summed E-state index contributed by atoms with van der Waals surface area (Å²) in [4.78, 5) is 19.4. The van der Waals surface area contributed by atoms with E-state index >= 15 is 0 Å². The summed E-state index contributed by atoms with van der Waals surface area (Å²) in [6, 6.07) is 10.3. The molecule has 2 heterocycles. The average Bonchev–Trinajstić information content (AvgIpc) is 3.12. The van der Waals surface area contributed by atoms with Gasteiger partial charge >= 0.3 is 0 Å². The third kappa shape index (κ3) is 3.73. The molecule has 2 saturated heterocycles. The molecule has 132 valence electrons. The molecule has 2 fully saturated rings. The number of piperazine rings is 1. The molecule has 2 aliphatic heterocycles. The Balaban J connectivity index is 1.52. The summed E-state index contributed by atoms with van der Waals surface area (Å²) in [6.45, 7) is 8.94. The number of hydrogen-bond acceptors (Lipinski definition) is 4. The van der Waals surface area contributed by atoms with Crippen molar-refractivity contribution in [2.24, 2.45) is 5.92 Å². The van der Waals surface area contributed by atoms with Crippen molar-refractivity contribution in [1.29, 1.82) is 0 Å². The van der Waals surface area contributed by atoms with E-state index < -0.39 is 0 Å². The Hall–Kier alpha value is -1.59. The van der Waals surface area contributed by atoms with Crippen LogP contribution in [-0.2, 0) is 4.79 Å². The van der Waals surface area contributed by atoms with Crippen molar-refractivity contribution < 1.29 is 9.90 Å². The minimum atomic E-state index is -0.285. The fraction of sp³-hybridized carbons (Fsp3) is 0.632. The molecule has 3 rings (SSSR count). The first-order valence-corrected chi connectivity index (χ1v) is 9.07. The SMILES string of the molecule is CC(O)C1CCN(C(C)C(=O)N2CCN(c3ccccc3)CC2)C1. The predicted molar refractivity (Wildman–Crippen MR) is 96.1 cm³/mol. The van der Waals surface area contributed by atoms with Crippen molar-refractivity contribution in [3.8, 4) is 0 Å². The van der Waals surface area contributed by atoms with E-state index in [4.69, 9.17) is 0 Å². The van der Waals surface area contributed by atoms with E-state index in [-0.39, 0.29) is 18.1 Å². The Kier molecular flexibility index (Phi) is 5.41. The molecule has 0 spiro atoms. The number of rotatable bonds is 4. The molecule has 3 atom stereocenters. The van der Waals surface area contributed by atoms with Gasteiger partial charge in [-0.1, -0.05) is 18.2 Å². The maximum atomic E-state index is 12.8. The lowest BCUT2D eigenvalue weighted by atomic mass is 10.0. The fourth-order valence-electron chi connectivity index (χ4n) is 3.81. The van der Waals surface area contributed by atoms with Crippen LogP contribution in [-0.4, -0.2) is 72.2 Å². The van der Waals surface area contributed by atoms with Gasteiger partial charge < -0.3 is 14.9 Å². The van der Waals surface area contributed by atoms with Crippen LogP contribution in [0, 0.1) is 5.92 Å². The second-order valence-corrected chi connectivity index (χ2v) is 7.11. The van der Waals surface area contributed by atoms with E-state index in [2.05, 4.69) is 34.1 Å². The molecule has 5 nitrogen and oxygen atoms in total. The fourth-order valence-corrected chi connectivity index (χ4v) is 3.81. The lowest BCUT2D eigenvalue weighted by Crippen LogP contribution is -2.54. The van der Waals surface area contributed by atoms with Crippen LogP contribution in [0.5, 0.6) is 0 Å². The van der Waals surface area contributed by atoms with Gasteiger partial charge in [-0.2, -0.15) is 0 Å². The number of carbonyl (C=O) groups is 1. The highest BCUT2D eigenvalue weighted by Crippen LogP contribution is 2.23.